The number of hydrogen-bond acceptors (Lipinski definition) is 2. The molecular weight excluding hydrogens is 118 g/mol. The quantitative estimate of drug-likeness (QED) is 0.396. The van der Waals surface area contributed by atoms with Gasteiger partial charge in [-0.1, -0.05) is 0 Å². The van der Waals surface area contributed by atoms with Gasteiger partial charge in [-0.05, 0) is 20.8 Å². The van der Waals surface area contributed by atoms with Crippen molar-refractivity contribution in [1.29, 1.82) is 0 Å². The summed E-state index contributed by atoms with van der Waals surface area (Å²) in [5.41, 5.74) is -0.441. The largest absolute Gasteiger partial charge is 0.319 e. The van der Waals surface area contributed by atoms with Crippen LogP contribution in [0, 0.1) is 0 Å². The molecule has 0 fully saturated rings. The normalized spacial score (nSPS) is 10.6. The molecule has 3 nitrogen and oxygen atoms in total. The molecule has 0 aromatic rings. The van der Waals surface area contributed by atoms with Crippen molar-refractivity contribution in [3.63, 3.8) is 0 Å². The number of nitrogens with zero attached hydrogens (tertiary/aromatic N) is 1. The molecule has 0 aliphatic rings. The van der Waals surface area contributed by atoms with Crippen molar-refractivity contribution in [3.8, 4) is 0 Å². The van der Waals surface area contributed by atoms with Crippen molar-refractivity contribution in [2.45, 2.75) is 26.3 Å². The zero-order chi connectivity index (χ0) is 7.49. The fourth-order valence-electron chi connectivity index (χ4n) is 0.317. The molecule has 0 N–H and O–H groups in total. The molecule has 0 aliphatic heterocycles. The first-order valence-electron chi connectivity index (χ1n) is 2.65. The lowest BCUT2D eigenvalue weighted by atomic mass is 10.1. The number of amides is 2. The highest BCUT2D eigenvalue weighted by molar-refractivity contribution is 5.70. The summed E-state index contributed by atoms with van der Waals surface area (Å²) in [7, 11) is 0. The Bertz CT molecular complexity index is 107. The molecule has 51 valence electrons. The van der Waals surface area contributed by atoms with Gasteiger partial charge in [0.2, 0.25) is 6.41 Å². The van der Waals surface area contributed by atoms with Gasteiger partial charge in [0.25, 0.3) is 0 Å². The van der Waals surface area contributed by atoms with E-state index >= 15 is 0 Å². The average molecular weight is 128 g/mol. The summed E-state index contributed by atoms with van der Waals surface area (Å²) in [5.74, 6) is 0. The Hall–Kier alpha value is -0.860. The van der Waals surface area contributed by atoms with Gasteiger partial charge in [0.1, 0.15) is 0 Å². The minimum absolute atomic E-state index is 0.441. The van der Waals surface area contributed by atoms with Crippen LogP contribution in [0.4, 0.5) is 0 Å². The molecule has 0 atom stereocenters. The molecule has 0 rings (SSSR count). The summed E-state index contributed by atoms with van der Waals surface area (Å²) >= 11 is 0. The van der Waals surface area contributed by atoms with Crippen LogP contribution in [0.1, 0.15) is 20.8 Å². The molecule has 0 unspecified atom stereocenters. The van der Waals surface area contributed by atoms with Crippen molar-refractivity contribution in [1.82, 2.24) is 4.90 Å². The molecule has 0 saturated heterocycles. The minimum atomic E-state index is -0.441. The zero-order valence-electron chi connectivity index (χ0n) is 5.84. The van der Waals surface area contributed by atoms with E-state index in [1.54, 1.807) is 20.8 Å². The van der Waals surface area contributed by atoms with Crippen LogP contribution < -0.4 is 0 Å². The van der Waals surface area contributed by atoms with Crippen LogP contribution in [0.2, 0.25) is 0 Å². The molecule has 1 radical (unpaired) electrons. The van der Waals surface area contributed by atoms with E-state index in [0.29, 0.717) is 6.41 Å². The van der Waals surface area contributed by atoms with Crippen molar-refractivity contribution in [2.24, 2.45) is 0 Å². The highest BCUT2D eigenvalue weighted by atomic mass is 16.2. The Morgan fingerprint density at radius 2 is 1.89 bits per heavy atom. The van der Waals surface area contributed by atoms with Gasteiger partial charge < -0.3 is 0 Å². The third-order valence-electron chi connectivity index (χ3n) is 0.926. The topological polar surface area (TPSA) is 37.4 Å². The first-order chi connectivity index (χ1) is 4.02. The molecule has 9 heavy (non-hydrogen) atoms. The Kier molecular flexibility index (Phi) is 2.37. The van der Waals surface area contributed by atoms with E-state index < -0.39 is 5.54 Å². The average Bonchev–Trinajstić information content (AvgIpc) is 1.65. The number of imide groups is 1. The van der Waals surface area contributed by atoms with Crippen LogP contribution in [0.15, 0.2) is 0 Å². The molecule has 0 saturated carbocycles. The highest BCUT2D eigenvalue weighted by Crippen LogP contribution is 2.06. The fourth-order valence-corrected chi connectivity index (χ4v) is 0.317. The number of carbonyl (C=O) groups excluding carboxylic acids is 2. The first kappa shape index (κ1) is 8.14. The van der Waals surface area contributed by atoms with Crippen molar-refractivity contribution in [2.75, 3.05) is 0 Å². The third kappa shape index (κ3) is 2.26. The van der Waals surface area contributed by atoms with Crippen LogP contribution in [0.25, 0.3) is 0 Å². The molecule has 0 spiro atoms. The van der Waals surface area contributed by atoms with Gasteiger partial charge in [0, 0.05) is 5.54 Å². The minimum Gasteiger partial charge on any atom is -0.278 e. The molecule has 0 aliphatic carbocycles. The lowest BCUT2D eigenvalue weighted by molar-refractivity contribution is -0.117. The monoisotopic (exact) mass is 128 g/mol. The number of carbonyl (C=O) groups is 1. The van der Waals surface area contributed by atoms with Gasteiger partial charge in [0.15, 0.2) is 0 Å². The van der Waals surface area contributed by atoms with Gasteiger partial charge in [-0.3, -0.25) is 14.5 Å². The van der Waals surface area contributed by atoms with Gasteiger partial charge in [-0.15, -0.1) is 0 Å². The van der Waals surface area contributed by atoms with E-state index in [9.17, 15) is 9.59 Å². The highest BCUT2D eigenvalue weighted by Gasteiger charge is 2.18. The van der Waals surface area contributed by atoms with Gasteiger partial charge in [-0.2, -0.15) is 0 Å². The summed E-state index contributed by atoms with van der Waals surface area (Å²) in [5, 5.41) is 0. The maximum absolute atomic E-state index is 10.0. The van der Waals surface area contributed by atoms with E-state index in [4.69, 9.17) is 0 Å². The maximum atomic E-state index is 10.0. The Balaban J connectivity index is 4.11. The molecular formula is C6H10NO2. The predicted molar refractivity (Wildman–Crippen MR) is 33.3 cm³/mol. The molecule has 3 heteroatoms. The second-order valence-electron chi connectivity index (χ2n) is 2.74. The van der Waals surface area contributed by atoms with Crippen molar-refractivity contribution >= 4 is 12.8 Å². The Morgan fingerprint density at radius 1 is 1.44 bits per heavy atom. The second-order valence-corrected chi connectivity index (χ2v) is 2.74. The zero-order valence-corrected chi connectivity index (χ0v) is 5.84. The number of hydrogen-bond donors (Lipinski definition) is 0. The SMILES string of the molecule is CC(C)(C)N([C]=O)C=O. The van der Waals surface area contributed by atoms with E-state index in [0.717, 1.165) is 4.90 Å². The molecule has 0 aromatic heterocycles. The lowest BCUT2D eigenvalue weighted by Gasteiger charge is -2.24. The van der Waals surface area contributed by atoms with Crippen LogP contribution in [-0.2, 0) is 9.59 Å². The standard InChI is InChI=1S/C6H10NO2/c1-6(2,3)7(4-8)5-9/h4H,1-3H3. The van der Waals surface area contributed by atoms with E-state index in [1.807, 2.05) is 0 Å². The van der Waals surface area contributed by atoms with Crippen LogP contribution in [0.5, 0.6) is 0 Å². The summed E-state index contributed by atoms with van der Waals surface area (Å²) < 4.78 is 0. The van der Waals surface area contributed by atoms with Gasteiger partial charge >= 0.3 is 6.41 Å². The maximum Gasteiger partial charge on any atom is 0.319 e. The summed E-state index contributed by atoms with van der Waals surface area (Å²) in [6.07, 6.45) is 1.97. The molecule has 0 bridgehead atoms. The molecule has 0 aromatic carbocycles. The summed E-state index contributed by atoms with van der Waals surface area (Å²) in [4.78, 5) is 21.0. The predicted octanol–water partition coefficient (Wildman–Crippen LogP) is 0.310. The fraction of sp³-hybridized carbons (Fsp3) is 0.667. The van der Waals surface area contributed by atoms with Crippen LogP contribution in [0.3, 0.4) is 0 Å². The third-order valence-corrected chi connectivity index (χ3v) is 0.926. The van der Waals surface area contributed by atoms with Crippen molar-refractivity contribution in [3.05, 3.63) is 0 Å². The first-order valence-corrected chi connectivity index (χ1v) is 2.65. The second kappa shape index (κ2) is 2.62. The number of rotatable bonds is 2. The summed E-state index contributed by atoms with van der Waals surface area (Å²) in [6, 6.07) is 0. The van der Waals surface area contributed by atoms with E-state index in [-0.39, 0.29) is 0 Å². The summed E-state index contributed by atoms with van der Waals surface area (Å²) in [6.45, 7) is 5.27. The van der Waals surface area contributed by atoms with Crippen molar-refractivity contribution < 1.29 is 9.59 Å². The van der Waals surface area contributed by atoms with Crippen LogP contribution >= 0.6 is 0 Å². The Labute approximate surface area is 54.6 Å². The van der Waals surface area contributed by atoms with Gasteiger partial charge in [0.05, 0.1) is 0 Å². The smallest absolute Gasteiger partial charge is 0.278 e. The molecule has 2 amide bonds. The van der Waals surface area contributed by atoms with E-state index in [2.05, 4.69) is 0 Å². The molecule has 0 heterocycles. The van der Waals surface area contributed by atoms with E-state index in [1.165, 1.54) is 6.41 Å². The lowest BCUT2D eigenvalue weighted by Crippen LogP contribution is -2.38. The van der Waals surface area contributed by atoms with Gasteiger partial charge in [-0.25, -0.2) is 0 Å². The van der Waals surface area contributed by atoms with Crippen LogP contribution in [-0.4, -0.2) is 23.3 Å². The Morgan fingerprint density at radius 3 is 1.89 bits per heavy atom.